The number of carbonyl (C=O) groups is 1. The number of anilines is 1. The van der Waals surface area contributed by atoms with Crippen LogP contribution >= 0.6 is 7.82 Å². The Balaban J connectivity index is 0.00000221. The van der Waals surface area contributed by atoms with E-state index in [1.54, 1.807) is 13.3 Å². The molecule has 1 aliphatic heterocycles. The molecule has 1 unspecified atom stereocenters. The number of nitrogens with zero attached hydrogens (tertiary/aromatic N) is 1. The number of nitrogens with one attached hydrogen (secondary N) is 2. The zero-order valence-corrected chi connectivity index (χ0v) is 30.4. The summed E-state index contributed by atoms with van der Waals surface area (Å²) in [6.07, 6.45) is 5.75. The van der Waals surface area contributed by atoms with Crippen molar-refractivity contribution in [3.05, 3.63) is 95.2 Å². The first-order valence-electron chi connectivity index (χ1n) is 14.3. The third-order valence-corrected chi connectivity index (χ3v) is 9.03. The predicted molar refractivity (Wildman–Crippen MR) is 157 cm³/mol. The van der Waals surface area contributed by atoms with Gasteiger partial charge in [0.25, 0.3) is 0 Å². The minimum absolute atomic E-state index is 0. The van der Waals surface area contributed by atoms with E-state index in [4.69, 9.17) is 4.74 Å². The van der Waals surface area contributed by atoms with Gasteiger partial charge in [0, 0.05) is 47.5 Å². The molecule has 2 aliphatic rings. The number of fused-ring (bicyclic) bond motifs is 1. The molecule has 1 aromatic heterocycles. The van der Waals surface area contributed by atoms with Gasteiger partial charge in [-0.2, -0.15) is 0 Å². The standard InChI is InChI=1S/C32H36N3O6P.2Na/c1-40-25-10-11-26(29(20-25)35-16-5-6-17-35)30(22-7-3-2-4-8-22)34-31(36)32(14-15-32)24-9-12-28-27(19-24)23(21-33-28)13-18-41-42(37,38)39;;/h2-4,7-12,19-21,30,33H,5-6,13-18H2,1H3,(H,34,36)(H2,37,38,39);;/q;2*+1/p-2. The maximum Gasteiger partial charge on any atom is 1.00 e. The number of hydrogen-bond acceptors (Lipinski definition) is 7. The van der Waals surface area contributed by atoms with Crippen LogP contribution in [0.4, 0.5) is 5.69 Å². The predicted octanol–water partition coefficient (Wildman–Crippen LogP) is -1.89. The molecule has 1 saturated carbocycles. The fourth-order valence-electron chi connectivity index (χ4n) is 6.10. The molecular formula is C32H34N3Na2O6P. The molecule has 1 amide bonds. The number of phosphoric acid groups is 1. The van der Waals surface area contributed by atoms with E-state index >= 15 is 0 Å². The van der Waals surface area contributed by atoms with Gasteiger partial charge in [0.1, 0.15) is 5.75 Å². The second-order valence-electron chi connectivity index (χ2n) is 11.1. The first-order chi connectivity index (χ1) is 20.3. The van der Waals surface area contributed by atoms with E-state index in [1.165, 1.54) is 0 Å². The van der Waals surface area contributed by atoms with Gasteiger partial charge in [-0.1, -0.05) is 42.5 Å². The van der Waals surface area contributed by atoms with Gasteiger partial charge in [-0.05, 0) is 67.0 Å². The average molecular weight is 634 g/mol. The Kier molecular flexibility index (Phi) is 11.9. The van der Waals surface area contributed by atoms with Crippen molar-refractivity contribution in [1.82, 2.24) is 10.3 Å². The molecule has 1 aliphatic carbocycles. The molecule has 2 heterocycles. The van der Waals surface area contributed by atoms with E-state index in [0.717, 1.165) is 83.4 Å². The maximum absolute atomic E-state index is 14.2. The van der Waals surface area contributed by atoms with Crippen molar-refractivity contribution >= 4 is 30.3 Å². The first kappa shape index (κ1) is 35.2. The number of aromatic amines is 1. The van der Waals surface area contributed by atoms with Crippen molar-refractivity contribution in [1.29, 1.82) is 0 Å². The fraction of sp³-hybridized carbons (Fsp3) is 0.344. The van der Waals surface area contributed by atoms with E-state index in [1.807, 2.05) is 54.6 Å². The molecule has 0 spiro atoms. The van der Waals surface area contributed by atoms with Crippen LogP contribution < -0.4 is 83.9 Å². The zero-order valence-electron chi connectivity index (χ0n) is 25.5. The van der Waals surface area contributed by atoms with Gasteiger partial charge in [-0.3, -0.25) is 4.79 Å². The van der Waals surface area contributed by atoms with Gasteiger partial charge in [-0.25, -0.2) is 0 Å². The molecule has 1 saturated heterocycles. The first-order valence-corrected chi connectivity index (χ1v) is 15.8. The summed E-state index contributed by atoms with van der Waals surface area (Å²) in [6.45, 7) is 1.70. The average Bonchev–Trinajstić information content (AvgIpc) is 3.43. The monoisotopic (exact) mass is 633 g/mol. The molecule has 220 valence electrons. The quantitative estimate of drug-likeness (QED) is 0.146. The third kappa shape index (κ3) is 7.67. The molecule has 1 atom stereocenters. The van der Waals surface area contributed by atoms with E-state index in [9.17, 15) is 19.1 Å². The number of amides is 1. The maximum atomic E-state index is 14.2. The van der Waals surface area contributed by atoms with Crippen LogP contribution in [0.1, 0.15) is 54.0 Å². The minimum atomic E-state index is -5.04. The van der Waals surface area contributed by atoms with Gasteiger partial charge in [0.05, 0.1) is 33.0 Å². The molecular weight excluding hydrogens is 599 g/mol. The summed E-state index contributed by atoms with van der Waals surface area (Å²) in [6, 6.07) is 21.7. The van der Waals surface area contributed by atoms with E-state index in [-0.39, 0.29) is 84.1 Å². The Hall–Kier alpha value is -1.62. The van der Waals surface area contributed by atoms with Crippen molar-refractivity contribution in [2.24, 2.45) is 0 Å². The smallest absolute Gasteiger partial charge is 0.790 e. The Morgan fingerprint density at radius 2 is 1.77 bits per heavy atom. The van der Waals surface area contributed by atoms with Crippen LogP contribution in [0.15, 0.2) is 72.9 Å². The van der Waals surface area contributed by atoms with Crippen LogP contribution in [0.3, 0.4) is 0 Å². The molecule has 3 aromatic carbocycles. The minimum Gasteiger partial charge on any atom is -0.790 e. The van der Waals surface area contributed by atoms with Gasteiger partial charge >= 0.3 is 59.1 Å². The largest absolute Gasteiger partial charge is 1.00 e. The van der Waals surface area contributed by atoms with E-state index < -0.39 is 13.2 Å². The molecule has 2 fully saturated rings. The Morgan fingerprint density at radius 1 is 1.05 bits per heavy atom. The van der Waals surface area contributed by atoms with E-state index in [2.05, 4.69) is 31.9 Å². The summed E-state index contributed by atoms with van der Waals surface area (Å²) in [7, 11) is -3.37. The number of ether oxygens (including phenoxy) is 1. The second kappa shape index (κ2) is 14.9. The van der Waals surface area contributed by atoms with Crippen molar-refractivity contribution in [2.75, 3.05) is 31.7 Å². The van der Waals surface area contributed by atoms with Crippen molar-refractivity contribution in [3.63, 3.8) is 0 Å². The molecule has 9 nitrogen and oxygen atoms in total. The third-order valence-electron chi connectivity index (χ3n) is 8.53. The number of methoxy groups -OCH3 is 1. The summed E-state index contributed by atoms with van der Waals surface area (Å²) in [5.41, 5.74) is 5.06. The van der Waals surface area contributed by atoms with Crippen molar-refractivity contribution in [2.45, 2.75) is 43.6 Å². The van der Waals surface area contributed by atoms with Crippen LogP contribution in [0.2, 0.25) is 0 Å². The molecule has 0 bridgehead atoms. The normalized spacial score (nSPS) is 16.1. The van der Waals surface area contributed by atoms with Crippen LogP contribution in [0.25, 0.3) is 10.9 Å². The Labute approximate surface area is 301 Å². The second-order valence-corrected chi connectivity index (χ2v) is 12.3. The van der Waals surface area contributed by atoms with Crippen molar-refractivity contribution in [3.8, 4) is 5.75 Å². The molecule has 2 N–H and O–H groups in total. The van der Waals surface area contributed by atoms with Crippen LogP contribution in [0, 0.1) is 0 Å². The van der Waals surface area contributed by atoms with Crippen LogP contribution in [-0.4, -0.2) is 37.7 Å². The molecule has 12 heteroatoms. The topological polar surface area (TPSA) is 130 Å². The van der Waals surface area contributed by atoms with Gasteiger partial charge in [-0.15, -0.1) is 0 Å². The van der Waals surface area contributed by atoms with Gasteiger partial charge in [0.15, 0.2) is 0 Å². The fourth-order valence-corrected chi connectivity index (χ4v) is 6.42. The number of H-pyrrole nitrogens is 1. The summed E-state index contributed by atoms with van der Waals surface area (Å²) >= 11 is 0. The molecule has 6 rings (SSSR count). The molecule has 44 heavy (non-hydrogen) atoms. The number of rotatable bonds is 11. The van der Waals surface area contributed by atoms with Crippen LogP contribution in [-0.2, 0) is 25.7 Å². The van der Waals surface area contributed by atoms with Gasteiger partial charge in [0.2, 0.25) is 5.91 Å². The number of carbonyl (C=O) groups excluding carboxylic acids is 1. The summed E-state index contributed by atoms with van der Waals surface area (Å²) in [5.74, 6) is 0.754. The van der Waals surface area contributed by atoms with E-state index in [0.29, 0.717) is 0 Å². The Morgan fingerprint density at radius 3 is 2.43 bits per heavy atom. The SMILES string of the molecule is COc1ccc(C(NC(=O)C2(c3ccc4[nH]cc(CCOP(=O)([O-])[O-])c4c3)CC2)c2ccccc2)c(N2CCCC2)c1.[Na+].[Na+]. The summed E-state index contributed by atoms with van der Waals surface area (Å²) in [5, 5.41) is 4.31. The number of hydrogen-bond donors (Lipinski definition) is 2. The Bertz CT molecular complexity index is 1630. The zero-order chi connectivity index (χ0) is 29.3. The summed E-state index contributed by atoms with van der Waals surface area (Å²) in [4.78, 5) is 41.6. The van der Waals surface area contributed by atoms with Gasteiger partial charge < -0.3 is 38.8 Å². The molecule has 4 aromatic rings. The molecule has 0 radical (unpaired) electrons. The summed E-state index contributed by atoms with van der Waals surface area (Å²) < 4.78 is 20.9. The number of aromatic nitrogens is 1. The van der Waals surface area contributed by atoms with Crippen molar-refractivity contribution < 1.29 is 87.5 Å². The van der Waals surface area contributed by atoms with Crippen LogP contribution in [0.5, 0.6) is 5.75 Å². The number of phosphoric ester groups is 1. The number of benzene rings is 3.